The third-order valence-electron chi connectivity index (χ3n) is 3.65. The predicted molar refractivity (Wildman–Crippen MR) is 67.3 cm³/mol. The van der Waals surface area contributed by atoms with Crippen molar-refractivity contribution in [1.29, 1.82) is 0 Å². The molecule has 0 amide bonds. The van der Waals surface area contributed by atoms with Crippen LogP contribution < -0.4 is 10.5 Å². The maximum Gasteiger partial charge on any atom is 0.127 e. The van der Waals surface area contributed by atoms with E-state index in [9.17, 15) is 0 Å². The van der Waals surface area contributed by atoms with Crippen LogP contribution in [0.25, 0.3) is 0 Å². The fourth-order valence-electron chi connectivity index (χ4n) is 2.32. The molecule has 0 unspecified atom stereocenters. The number of ether oxygens (including phenoxy) is 1. The molecule has 0 atom stereocenters. The Morgan fingerprint density at radius 2 is 1.69 bits per heavy atom. The minimum absolute atomic E-state index is 0.211. The highest BCUT2D eigenvalue weighted by Crippen LogP contribution is 2.51. The molecule has 2 rings (SSSR count). The number of hydrogen-bond acceptors (Lipinski definition) is 2. The molecular weight excluding hydrogens is 222 g/mol. The Morgan fingerprint density at radius 1 is 1.12 bits per heavy atom. The Kier molecular flexibility index (Phi) is 2.67. The molecule has 0 aliphatic heterocycles. The molecule has 2 nitrogen and oxygen atoms in total. The van der Waals surface area contributed by atoms with Gasteiger partial charge in [-0.1, -0.05) is 11.6 Å². The van der Waals surface area contributed by atoms with Gasteiger partial charge >= 0.3 is 0 Å². The van der Waals surface area contributed by atoms with Crippen molar-refractivity contribution in [2.45, 2.75) is 39.2 Å². The van der Waals surface area contributed by atoms with E-state index in [1.54, 1.807) is 7.11 Å². The summed E-state index contributed by atoms with van der Waals surface area (Å²) in [5.74, 6) is 0.916. The average molecular weight is 240 g/mol. The van der Waals surface area contributed by atoms with Gasteiger partial charge in [0.1, 0.15) is 5.75 Å². The second-order valence-electron chi connectivity index (χ2n) is 4.75. The summed E-state index contributed by atoms with van der Waals surface area (Å²) >= 11 is 6.34. The molecule has 0 spiro atoms. The van der Waals surface area contributed by atoms with Gasteiger partial charge in [-0.3, -0.25) is 0 Å². The Balaban J connectivity index is 2.75. The van der Waals surface area contributed by atoms with Crippen molar-refractivity contribution < 1.29 is 4.74 Å². The van der Waals surface area contributed by atoms with Crippen molar-refractivity contribution >= 4 is 11.6 Å². The Labute approximate surface area is 102 Å². The Bertz CT molecular complexity index is 450. The van der Waals surface area contributed by atoms with Gasteiger partial charge in [0, 0.05) is 16.1 Å². The quantitative estimate of drug-likeness (QED) is 0.860. The predicted octanol–water partition coefficient (Wildman–Crippen LogP) is 3.22. The van der Waals surface area contributed by atoms with E-state index in [2.05, 4.69) is 0 Å². The SMILES string of the molecule is COc1c(C)c(C)c(Cl)c(C)c1C1(N)CC1. The van der Waals surface area contributed by atoms with E-state index in [4.69, 9.17) is 22.1 Å². The first-order valence-corrected chi connectivity index (χ1v) is 5.93. The van der Waals surface area contributed by atoms with Gasteiger partial charge in [0.15, 0.2) is 0 Å². The molecule has 0 bridgehead atoms. The van der Waals surface area contributed by atoms with Crippen LogP contribution in [0.1, 0.15) is 35.1 Å². The highest BCUT2D eigenvalue weighted by atomic mass is 35.5. The Morgan fingerprint density at radius 3 is 2.12 bits per heavy atom. The fraction of sp³-hybridized carbons (Fsp3) is 0.538. The maximum atomic E-state index is 6.34. The van der Waals surface area contributed by atoms with Gasteiger partial charge in [-0.15, -0.1) is 0 Å². The van der Waals surface area contributed by atoms with Crippen molar-refractivity contribution in [3.8, 4) is 5.75 Å². The van der Waals surface area contributed by atoms with Crippen LogP contribution in [0, 0.1) is 20.8 Å². The van der Waals surface area contributed by atoms with Gasteiger partial charge in [0.2, 0.25) is 0 Å². The average Bonchev–Trinajstić information content (AvgIpc) is 2.99. The van der Waals surface area contributed by atoms with Crippen LogP contribution in [-0.2, 0) is 5.54 Å². The molecule has 1 aromatic carbocycles. The molecule has 0 aromatic heterocycles. The van der Waals surface area contributed by atoms with Crippen molar-refractivity contribution in [3.63, 3.8) is 0 Å². The smallest absolute Gasteiger partial charge is 0.127 e. The number of halogens is 1. The molecule has 1 aromatic rings. The molecule has 88 valence electrons. The van der Waals surface area contributed by atoms with Crippen LogP contribution >= 0.6 is 11.6 Å². The van der Waals surface area contributed by atoms with E-state index in [1.165, 1.54) is 0 Å². The van der Waals surface area contributed by atoms with E-state index < -0.39 is 0 Å². The Hall–Kier alpha value is -0.730. The van der Waals surface area contributed by atoms with Gasteiger partial charge in [0.25, 0.3) is 0 Å². The summed E-state index contributed by atoms with van der Waals surface area (Å²) in [5.41, 5.74) is 10.4. The van der Waals surface area contributed by atoms with Crippen molar-refractivity contribution in [2.75, 3.05) is 7.11 Å². The molecule has 1 aliphatic carbocycles. The second-order valence-corrected chi connectivity index (χ2v) is 5.13. The van der Waals surface area contributed by atoms with E-state index in [1.807, 2.05) is 20.8 Å². The summed E-state index contributed by atoms with van der Waals surface area (Å²) in [5, 5.41) is 0.824. The topological polar surface area (TPSA) is 35.2 Å². The number of rotatable bonds is 2. The van der Waals surface area contributed by atoms with E-state index in [0.717, 1.165) is 45.9 Å². The first-order chi connectivity index (χ1) is 7.42. The summed E-state index contributed by atoms with van der Waals surface area (Å²) in [6.07, 6.45) is 2.03. The van der Waals surface area contributed by atoms with Crippen LogP contribution in [0.15, 0.2) is 0 Å². The molecule has 0 saturated heterocycles. The summed E-state index contributed by atoms with van der Waals surface area (Å²) in [4.78, 5) is 0. The maximum absolute atomic E-state index is 6.34. The zero-order chi connectivity index (χ0) is 12.1. The normalized spacial score (nSPS) is 17.4. The van der Waals surface area contributed by atoms with Crippen LogP contribution in [0.3, 0.4) is 0 Å². The monoisotopic (exact) mass is 239 g/mol. The minimum atomic E-state index is -0.211. The highest BCUT2D eigenvalue weighted by Gasteiger charge is 2.44. The van der Waals surface area contributed by atoms with Gasteiger partial charge in [0.05, 0.1) is 7.11 Å². The van der Waals surface area contributed by atoms with Crippen LogP contribution in [-0.4, -0.2) is 7.11 Å². The molecule has 1 aliphatic rings. The van der Waals surface area contributed by atoms with Crippen LogP contribution in [0.5, 0.6) is 5.75 Å². The highest BCUT2D eigenvalue weighted by molar-refractivity contribution is 6.32. The molecule has 0 heterocycles. The number of hydrogen-bond donors (Lipinski definition) is 1. The van der Waals surface area contributed by atoms with Gasteiger partial charge in [-0.25, -0.2) is 0 Å². The molecule has 3 heteroatoms. The molecule has 1 fully saturated rings. The lowest BCUT2D eigenvalue weighted by molar-refractivity contribution is 0.400. The van der Waals surface area contributed by atoms with E-state index >= 15 is 0 Å². The van der Waals surface area contributed by atoms with Crippen molar-refractivity contribution in [3.05, 3.63) is 27.3 Å². The number of nitrogens with two attached hydrogens (primary N) is 1. The third kappa shape index (κ3) is 1.52. The molecule has 1 saturated carbocycles. The lowest BCUT2D eigenvalue weighted by Gasteiger charge is -2.22. The fourth-order valence-corrected chi connectivity index (χ4v) is 2.56. The first-order valence-electron chi connectivity index (χ1n) is 5.55. The minimum Gasteiger partial charge on any atom is -0.496 e. The standard InChI is InChI=1S/C13H18ClNO/c1-7-8(2)12(16-4)10(9(3)11(7)14)13(15)5-6-13/h5-6,15H2,1-4H3. The summed E-state index contributed by atoms with van der Waals surface area (Å²) < 4.78 is 5.52. The van der Waals surface area contributed by atoms with E-state index in [-0.39, 0.29) is 5.54 Å². The van der Waals surface area contributed by atoms with Crippen molar-refractivity contribution in [2.24, 2.45) is 5.73 Å². The molecular formula is C13H18ClNO. The van der Waals surface area contributed by atoms with Gasteiger partial charge < -0.3 is 10.5 Å². The molecule has 2 N–H and O–H groups in total. The van der Waals surface area contributed by atoms with Crippen LogP contribution in [0.2, 0.25) is 5.02 Å². The molecule has 0 radical (unpaired) electrons. The zero-order valence-corrected chi connectivity index (χ0v) is 11.0. The van der Waals surface area contributed by atoms with Crippen molar-refractivity contribution in [1.82, 2.24) is 0 Å². The summed E-state index contributed by atoms with van der Waals surface area (Å²) in [6, 6.07) is 0. The summed E-state index contributed by atoms with van der Waals surface area (Å²) in [6.45, 7) is 6.08. The molecule has 16 heavy (non-hydrogen) atoms. The first kappa shape index (κ1) is 11.7. The second kappa shape index (κ2) is 3.64. The number of benzene rings is 1. The third-order valence-corrected chi connectivity index (χ3v) is 4.22. The lowest BCUT2D eigenvalue weighted by Crippen LogP contribution is -2.22. The lowest BCUT2D eigenvalue weighted by atomic mass is 9.93. The van der Waals surface area contributed by atoms with Gasteiger partial charge in [-0.05, 0) is 50.3 Å². The van der Waals surface area contributed by atoms with Crippen LogP contribution in [0.4, 0.5) is 0 Å². The van der Waals surface area contributed by atoms with E-state index in [0.29, 0.717) is 0 Å². The van der Waals surface area contributed by atoms with Gasteiger partial charge in [-0.2, -0.15) is 0 Å². The summed E-state index contributed by atoms with van der Waals surface area (Å²) in [7, 11) is 1.70. The zero-order valence-electron chi connectivity index (χ0n) is 10.3. The number of methoxy groups -OCH3 is 1. The largest absolute Gasteiger partial charge is 0.496 e.